The van der Waals surface area contributed by atoms with Crippen molar-refractivity contribution in [2.45, 2.75) is 71.5 Å². The minimum Gasteiger partial charge on any atom is -0.341 e. The fraction of sp³-hybridized carbons (Fsp3) is 0.577. The van der Waals surface area contributed by atoms with Gasteiger partial charge in [-0.1, -0.05) is 44.2 Å². The number of rotatable bonds is 8. The van der Waals surface area contributed by atoms with Gasteiger partial charge in [-0.3, -0.25) is 4.79 Å². The van der Waals surface area contributed by atoms with E-state index in [1.54, 1.807) is 30.3 Å². The van der Waals surface area contributed by atoms with E-state index >= 15 is 0 Å². The van der Waals surface area contributed by atoms with Gasteiger partial charge in [0.1, 0.15) is 0 Å². The summed E-state index contributed by atoms with van der Waals surface area (Å²) in [5, 5.41) is 0. The molecule has 8 heteroatoms. The van der Waals surface area contributed by atoms with Gasteiger partial charge in [0.2, 0.25) is 11.9 Å². The van der Waals surface area contributed by atoms with Gasteiger partial charge in [0, 0.05) is 25.3 Å². The monoisotopic (exact) mass is 476 g/mol. The Morgan fingerprint density at radius 3 is 2.32 bits per heavy atom. The Balaban J connectivity index is 1.95. The van der Waals surface area contributed by atoms with Crippen LogP contribution in [-0.4, -0.2) is 46.6 Å². The Hall–Kier alpha value is -2.64. The van der Waals surface area contributed by atoms with Gasteiger partial charge >= 0.3 is 6.18 Å². The van der Waals surface area contributed by atoms with Crippen LogP contribution in [-0.2, 0) is 16.8 Å². The molecule has 0 saturated carbocycles. The topological polar surface area (TPSA) is 49.3 Å². The molecule has 0 N–H and O–H groups in total. The lowest BCUT2D eigenvalue weighted by Gasteiger charge is -2.36. The van der Waals surface area contributed by atoms with Crippen LogP contribution in [0.5, 0.6) is 0 Å². The fourth-order valence-corrected chi connectivity index (χ4v) is 4.65. The highest BCUT2D eigenvalue weighted by atomic mass is 19.4. The Labute approximate surface area is 200 Å². The molecule has 0 bridgehead atoms. The normalized spacial score (nSPS) is 16.4. The van der Waals surface area contributed by atoms with Crippen molar-refractivity contribution in [2.75, 3.05) is 24.5 Å². The maximum atomic E-state index is 13.8. The number of piperidine rings is 1. The minimum absolute atomic E-state index is 0.0827. The molecular weight excluding hydrogens is 441 g/mol. The fourth-order valence-electron chi connectivity index (χ4n) is 4.65. The molecule has 34 heavy (non-hydrogen) atoms. The van der Waals surface area contributed by atoms with E-state index in [4.69, 9.17) is 4.98 Å². The van der Waals surface area contributed by atoms with Crippen molar-refractivity contribution >= 4 is 11.9 Å². The Morgan fingerprint density at radius 2 is 1.74 bits per heavy atom. The first-order valence-corrected chi connectivity index (χ1v) is 12.0. The highest BCUT2D eigenvalue weighted by molar-refractivity contribution is 5.88. The quantitative estimate of drug-likeness (QED) is 0.493. The molecule has 3 rings (SSSR count). The second-order valence-corrected chi connectivity index (χ2v) is 9.92. The van der Waals surface area contributed by atoms with Crippen LogP contribution in [0.1, 0.15) is 63.4 Å². The third kappa shape index (κ3) is 6.70. The first-order valence-electron chi connectivity index (χ1n) is 12.0. The highest BCUT2D eigenvalue weighted by Crippen LogP contribution is 2.38. The Kier molecular flexibility index (Phi) is 8.21. The number of benzene rings is 1. The smallest absolute Gasteiger partial charge is 0.341 e. The van der Waals surface area contributed by atoms with E-state index < -0.39 is 23.9 Å². The molecule has 1 amide bonds. The molecule has 186 valence electrons. The third-order valence-corrected chi connectivity index (χ3v) is 6.20. The van der Waals surface area contributed by atoms with Crippen LogP contribution in [0.2, 0.25) is 0 Å². The molecule has 0 spiro atoms. The number of carbonyl (C=O) groups excluding carboxylic acids is 1. The van der Waals surface area contributed by atoms with Crippen molar-refractivity contribution in [3.05, 3.63) is 53.3 Å². The molecule has 0 aliphatic carbocycles. The summed E-state index contributed by atoms with van der Waals surface area (Å²) < 4.78 is 41.0. The van der Waals surface area contributed by atoms with Crippen LogP contribution < -0.4 is 4.90 Å². The van der Waals surface area contributed by atoms with Gasteiger partial charge in [-0.15, -0.1) is 0 Å². The number of aromatic nitrogens is 2. The number of halogens is 3. The summed E-state index contributed by atoms with van der Waals surface area (Å²) >= 11 is 0. The third-order valence-electron chi connectivity index (χ3n) is 6.20. The lowest BCUT2D eigenvalue weighted by atomic mass is 9.77. The van der Waals surface area contributed by atoms with Crippen molar-refractivity contribution in [3.63, 3.8) is 0 Å². The van der Waals surface area contributed by atoms with Gasteiger partial charge in [-0.05, 0) is 50.7 Å². The predicted molar refractivity (Wildman–Crippen MR) is 128 cm³/mol. The van der Waals surface area contributed by atoms with Gasteiger partial charge in [0.05, 0.1) is 24.1 Å². The van der Waals surface area contributed by atoms with E-state index in [1.165, 1.54) is 18.2 Å². The lowest BCUT2D eigenvalue weighted by Crippen LogP contribution is -2.48. The Bertz CT molecular complexity index is 958. The molecule has 1 aromatic heterocycles. The van der Waals surface area contributed by atoms with Gasteiger partial charge in [-0.2, -0.15) is 13.2 Å². The second kappa shape index (κ2) is 10.7. The molecular formula is C26H35F3N4O. The molecule has 0 radical (unpaired) electrons. The van der Waals surface area contributed by atoms with Crippen LogP contribution in [0.3, 0.4) is 0 Å². The highest BCUT2D eigenvalue weighted by Gasteiger charge is 2.47. The number of alkyl halides is 3. The van der Waals surface area contributed by atoms with E-state index in [9.17, 15) is 18.0 Å². The van der Waals surface area contributed by atoms with E-state index in [0.717, 1.165) is 31.6 Å². The number of anilines is 1. The van der Waals surface area contributed by atoms with Crippen molar-refractivity contribution in [1.82, 2.24) is 14.9 Å². The molecule has 1 aliphatic heterocycles. The molecule has 5 nitrogen and oxygen atoms in total. The molecule has 2 heterocycles. The summed E-state index contributed by atoms with van der Waals surface area (Å²) in [6, 6.07) is 10.1. The van der Waals surface area contributed by atoms with Crippen molar-refractivity contribution < 1.29 is 18.0 Å². The summed E-state index contributed by atoms with van der Waals surface area (Å²) in [4.78, 5) is 26.8. The average molecular weight is 477 g/mol. The van der Waals surface area contributed by atoms with Crippen LogP contribution >= 0.6 is 0 Å². The number of hydrogen-bond acceptors (Lipinski definition) is 4. The van der Waals surface area contributed by atoms with Gasteiger partial charge in [0.15, 0.2) is 0 Å². The SMILES string of the molecule is Cc1cc(CN(CC(C)C)C(=O)C(C)(CC(F)(F)F)c2ccccc2)nc(N2CCCCC2)n1. The second-order valence-electron chi connectivity index (χ2n) is 9.92. The van der Waals surface area contributed by atoms with Crippen LogP contribution in [0.25, 0.3) is 0 Å². The maximum absolute atomic E-state index is 13.8. The van der Waals surface area contributed by atoms with Gasteiger partial charge < -0.3 is 9.80 Å². The molecule has 2 aromatic rings. The van der Waals surface area contributed by atoms with Crippen molar-refractivity contribution in [1.29, 1.82) is 0 Å². The molecule has 1 aromatic carbocycles. The van der Waals surface area contributed by atoms with Crippen molar-refractivity contribution in [3.8, 4) is 0 Å². The number of hydrogen-bond donors (Lipinski definition) is 0. The zero-order valence-electron chi connectivity index (χ0n) is 20.5. The molecule has 1 unspecified atom stereocenters. The number of aryl methyl sites for hydroxylation is 1. The largest absolute Gasteiger partial charge is 0.390 e. The zero-order chi connectivity index (χ0) is 24.9. The first kappa shape index (κ1) is 26.0. The van der Waals surface area contributed by atoms with E-state index in [0.29, 0.717) is 23.8 Å². The Morgan fingerprint density at radius 1 is 1.09 bits per heavy atom. The van der Waals surface area contributed by atoms with E-state index in [1.807, 2.05) is 26.8 Å². The maximum Gasteiger partial charge on any atom is 0.390 e. The first-order chi connectivity index (χ1) is 16.0. The standard InChI is InChI=1S/C26H35F3N4O/c1-19(2)16-33(17-22-15-20(3)30-24(31-22)32-13-9-6-10-14-32)23(34)25(4,18-26(27,28)29)21-11-7-5-8-12-21/h5,7-8,11-12,15,19H,6,9-10,13-14,16-18H2,1-4H3. The predicted octanol–water partition coefficient (Wildman–Crippen LogP) is 5.67. The summed E-state index contributed by atoms with van der Waals surface area (Å²) in [7, 11) is 0. The van der Waals surface area contributed by atoms with Crippen LogP contribution in [0.4, 0.5) is 19.1 Å². The van der Waals surface area contributed by atoms with E-state index in [2.05, 4.69) is 9.88 Å². The number of amides is 1. The van der Waals surface area contributed by atoms with Gasteiger partial charge in [-0.25, -0.2) is 9.97 Å². The molecule has 1 aliphatic rings. The lowest BCUT2D eigenvalue weighted by molar-refractivity contribution is -0.163. The summed E-state index contributed by atoms with van der Waals surface area (Å²) in [6.07, 6.45) is -2.37. The molecule has 1 atom stereocenters. The van der Waals surface area contributed by atoms with Gasteiger partial charge in [0.25, 0.3) is 0 Å². The van der Waals surface area contributed by atoms with Crippen molar-refractivity contribution in [2.24, 2.45) is 5.92 Å². The van der Waals surface area contributed by atoms with E-state index in [-0.39, 0.29) is 12.5 Å². The number of nitrogens with zero attached hydrogens (tertiary/aromatic N) is 4. The zero-order valence-corrected chi connectivity index (χ0v) is 20.5. The average Bonchev–Trinajstić information content (AvgIpc) is 2.77. The summed E-state index contributed by atoms with van der Waals surface area (Å²) in [5.41, 5.74) is 0.0543. The molecule has 1 fully saturated rings. The van der Waals surface area contributed by atoms with Crippen LogP contribution in [0, 0.1) is 12.8 Å². The minimum atomic E-state index is -4.49. The van der Waals surface area contributed by atoms with Crippen LogP contribution in [0.15, 0.2) is 36.4 Å². The summed E-state index contributed by atoms with van der Waals surface area (Å²) in [5.74, 6) is 0.174. The molecule has 1 saturated heterocycles. The number of carbonyl (C=O) groups is 1. The summed E-state index contributed by atoms with van der Waals surface area (Å²) in [6.45, 7) is 9.43.